The zero-order valence-electron chi connectivity index (χ0n) is 25.7. The van der Waals surface area contributed by atoms with Crippen molar-refractivity contribution < 1.29 is 50.5 Å². The van der Waals surface area contributed by atoms with Gasteiger partial charge in [-0.2, -0.15) is 18.3 Å². The highest BCUT2D eigenvalue weighted by atomic mass is 32.2. The first-order chi connectivity index (χ1) is 21.3. The first-order valence-electron chi connectivity index (χ1n) is 13.6. The number of halogens is 3. The molecule has 0 saturated carbocycles. The molecule has 14 nitrogen and oxygen atoms in total. The molecule has 0 aliphatic rings. The van der Waals surface area contributed by atoms with E-state index in [1.54, 1.807) is 42.8 Å². The number of esters is 1. The number of rotatable bonds is 12. The monoisotopic (exact) mass is 670 g/mol. The standard InChI is InChI=1S/C28H33F3N6O8S/c1-18(2)25(38)44-17-45-34-37(40)35(6)27(4,5)16-43-26(39)33-46(41,42)22-13-11-21(12-14-22)36-23(15-24(32-36)28(29,30)31)20-9-7-19(3)8-10-20/h7-15,18H,16-17H2,1-6H3,(H,33,39)/b37-34-. The fraction of sp³-hybridized carbons (Fsp3) is 0.393. The second-order valence-corrected chi connectivity index (χ2v) is 12.6. The van der Waals surface area contributed by atoms with Crippen LogP contribution < -0.4 is 4.72 Å². The number of amides is 1. The highest BCUT2D eigenvalue weighted by Crippen LogP contribution is 2.33. The Hall–Kier alpha value is -4.87. The molecule has 2 aromatic carbocycles. The van der Waals surface area contributed by atoms with Crippen LogP contribution in [0.1, 0.15) is 39.0 Å². The molecule has 0 unspecified atom stereocenters. The first kappa shape index (κ1) is 35.6. The van der Waals surface area contributed by atoms with E-state index < -0.39 is 58.8 Å². The quantitative estimate of drug-likeness (QED) is 0.0695. The minimum absolute atomic E-state index is 0.0181. The van der Waals surface area contributed by atoms with Crippen LogP contribution in [0.5, 0.6) is 0 Å². The van der Waals surface area contributed by atoms with Crippen molar-refractivity contribution in [3.63, 3.8) is 0 Å². The van der Waals surface area contributed by atoms with Crippen molar-refractivity contribution >= 4 is 22.1 Å². The molecule has 46 heavy (non-hydrogen) atoms. The Morgan fingerprint density at radius 1 is 1.09 bits per heavy atom. The fourth-order valence-corrected chi connectivity index (χ4v) is 4.45. The largest absolute Gasteiger partial charge is 0.569 e. The van der Waals surface area contributed by atoms with Crippen LogP contribution in [0, 0.1) is 18.0 Å². The van der Waals surface area contributed by atoms with Gasteiger partial charge >= 0.3 is 18.2 Å². The van der Waals surface area contributed by atoms with E-state index in [4.69, 9.17) is 9.47 Å². The van der Waals surface area contributed by atoms with Crippen molar-refractivity contribution in [2.75, 3.05) is 20.4 Å². The number of hydrazine groups is 1. The van der Waals surface area contributed by atoms with Gasteiger partial charge in [0.15, 0.2) is 5.69 Å². The number of benzene rings is 2. The number of sulfonamides is 1. The van der Waals surface area contributed by atoms with E-state index in [-0.39, 0.29) is 21.2 Å². The summed E-state index contributed by atoms with van der Waals surface area (Å²) in [5, 5.41) is 20.1. The van der Waals surface area contributed by atoms with Gasteiger partial charge in [0.1, 0.15) is 12.1 Å². The number of aryl methyl sites for hydroxylation is 1. The molecule has 3 rings (SSSR count). The van der Waals surface area contributed by atoms with Gasteiger partial charge in [0.05, 0.1) is 34.2 Å². The maximum absolute atomic E-state index is 13.5. The average molecular weight is 671 g/mol. The van der Waals surface area contributed by atoms with Gasteiger partial charge in [0, 0.05) is 5.56 Å². The van der Waals surface area contributed by atoms with Gasteiger partial charge in [0.2, 0.25) is 5.28 Å². The van der Waals surface area contributed by atoms with Gasteiger partial charge in [0.25, 0.3) is 16.8 Å². The van der Waals surface area contributed by atoms with Crippen LogP contribution in [-0.4, -0.2) is 66.2 Å². The molecule has 1 amide bonds. The van der Waals surface area contributed by atoms with E-state index in [2.05, 4.69) is 15.2 Å². The third-order valence-electron chi connectivity index (χ3n) is 6.50. The predicted molar refractivity (Wildman–Crippen MR) is 155 cm³/mol. The van der Waals surface area contributed by atoms with E-state index >= 15 is 0 Å². The molecule has 0 spiro atoms. The SMILES string of the molecule is Cc1ccc(-c2cc(C(F)(F)F)nn2-c2ccc(S(=O)(=O)NC(=O)OCC(C)(C)N(C)/[N+]([O-])=N/OCOC(=O)C(C)C)cc2)cc1. The molecule has 0 aliphatic carbocycles. The summed E-state index contributed by atoms with van der Waals surface area (Å²) in [5.74, 6) is -0.966. The Balaban J connectivity index is 1.67. The van der Waals surface area contributed by atoms with Crippen molar-refractivity contribution in [1.29, 1.82) is 0 Å². The van der Waals surface area contributed by atoms with E-state index in [0.717, 1.165) is 33.5 Å². The van der Waals surface area contributed by atoms with Gasteiger partial charge in [-0.15, -0.1) is 5.01 Å². The highest BCUT2D eigenvalue weighted by Gasteiger charge is 2.36. The average Bonchev–Trinajstić information content (AvgIpc) is 3.44. The van der Waals surface area contributed by atoms with Gasteiger partial charge in [-0.05, 0) is 51.1 Å². The highest BCUT2D eigenvalue weighted by molar-refractivity contribution is 7.90. The lowest BCUT2D eigenvalue weighted by atomic mass is 10.1. The maximum Gasteiger partial charge on any atom is 0.435 e. The molecule has 0 fully saturated rings. The van der Waals surface area contributed by atoms with Crippen molar-refractivity contribution in [1.82, 2.24) is 19.5 Å². The fourth-order valence-electron chi connectivity index (χ4n) is 3.56. The zero-order chi connectivity index (χ0) is 34.4. The Kier molecular flexibility index (Phi) is 10.9. The van der Waals surface area contributed by atoms with Crippen LogP contribution in [0.25, 0.3) is 16.9 Å². The van der Waals surface area contributed by atoms with Crippen molar-refractivity contribution in [3.05, 3.63) is 71.1 Å². The number of aromatic nitrogens is 2. The summed E-state index contributed by atoms with van der Waals surface area (Å²) in [6.07, 6.45) is -6.08. The topological polar surface area (TPSA) is 167 Å². The van der Waals surface area contributed by atoms with Crippen LogP contribution in [0.15, 0.2) is 64.8 Å². The van der Waals surface area contributed by atoms with Crippen LogP contribution in [0.2, 0.25) is 0 Å². The number of hydrogen-bond acceptors (Lipinski definition) is 10. The predicted octanol–water partition coefficient (Wildman–Crippen LogP) is 4.96. The minimum atomic E-state index is -4.72. The molecule has 18 heteroatoms. The number of nitrogens with one attached hydrogen (secondary N) is 1. The number of ether oxygens (including phenoxy) is 2. The summed E-state index contributed by atoms with van der Waals surface area (Å²) >= 11 is 0. The molecule has 0 saturated heterocycles. The number of carbonyl (C=O) groups is 2. The van der Waals surface area contributed by atoms with Crippen molar-refractivity contribution in [3.8, 4) is 16.9 Å². The smallest absolute Gasteiger partial charge is 0.435 e. The van der Waals surface area contributed by atoms with Gasteiger partial charge in [-0.25, -0.2) is 22.6 Å². The summed E-state index contributed by atoms with van der Waals surface area (Å²) < 4.78 is 78.7. The van der Waals surface area contributed by atoms with Gasteiger partial charge < -0.3 is 19.5 Å². The molecular formula is C28H33F3N6O8S. The van der Waals surface area contributed by atoms with Crippen LogP contribution in [0.4, 0.5) is 18.0 Å². The first-order valence-corrected chi connectivity index (χ1v) is 15.0. The van der Waals surface area contributed by atoms with Crippen LogP contribution in [0.3, 0.4) is 0 Å². The number of likely N-dealkylation sites (N-methyl/N-ethyl adjacent to an activating group) is 1. The van der Waals surface area contributed by atoms with Crippen LogP contribution >= 0.6 is 0 Å². The maximum atomic E-state index is 13.5. The Bertz CT molecular complexity index is 1670. The second-order valence-electron chi connectivity index (χ2n) is 10.9. The van der Waals surface area contributed by atoms with E-state index in [1.807, 2.05) is 6.92 Å². The van der Waals surface area contributed by atoms with E-state index in [0.29, 0.717) is 5.56 Å². The second kappa shape index (κ2) is 14.1. The van der Waals surface area contributed by atoms with E-state index in [1.165, 1.54) is 33.0 Å². The molecular weight excluding hydrogens is 637 g/mol. The molecule has 1 heterocycles. The van der Waals surface area contributed by atoms with Gasteiger partial charge in [-0.3, -0.25) is 4.79 Å². The summed E-state index contributed by atoms with van der Waals surface area (Å²) in [6, 6.07) is 12.3. The molecule has 250 valence electrons. The number of hydrogen-bond donors (Lipinski definition) is 1. The Morgan fingerprint density at radius 2 is 1.70 bits per heavy atom. The minimum Gasteiger partial charge on any atom is -0.569 e. The third-order valence-corrected chi connectivity index (χ3v) is 7.83. The molecule has 0 radical (unpaired) electrons. The molecule has 3 aromatic rings. The lowest BCUT2D eigenvalue weighted by Gasteiger charge is -2.30. The summed E-state index contributed by atoms with van der Waals surface area (Å²) in [6.45, 7) is 6.92. The molecule has 1 aromatic heterocycles. The van der Waals surface area contributed by atoms with Crippen LogP contribution in [-0.2, 0) is 35.3 Å². The summed E-state index contributed by atoms with van der Waals surface area (Å²) in [4.78, 5) is 28.1. The lowest BCUT2D eigenvalue weighted by Crippen LogP contribution is -2.49. The number of nitrogens with zero attached hydrogens (tertiary/aromatic N) is 5. The molecule has 0 atom stereocenters. The van der Waals surface area contributed by atoms with Crippen molar-refractivity contribution in [2.45, 2.75) is 51.2 Å². The van der Waals surface area contributed by atoms with E-state index in [9.17, 15) is 36.4 Å². The lowest BCUT2D eigenvalue weighted by molar-refractivity contribution is -0.721. The summed E-state index contributed by atoms with van der Waals surface area (Å²) in [5.41, 5.74) is -0.740. The third kappa shape index (κ3) is 9.09. The number of carbonyl (C=O) groups excluding carboxylic acids is 2. The normalized spacial score (nSPS) is 12.5. The number of alkyl halides is 3. The Morgan fingerprint density at radius 3 is 2.26 bits per heavy atom. The van der Waals surface area contributed by atoms with Crippen molar-refractivity contribution in [2.24, 2.45) is 11.2 Å². The molecule has 0 bridgehead atoms. The molecule has 1 N–H and O–H groups in total. The Labute approximate surface area is 262 Å². The van der Waals surface area contributed by atoms with Gasteiger partial charge in [-0.1, -0.05) is 43.7 Å². The summed E-state index contributed by atoms with van der Waals surface area (Å²) in [7, 11) is -3.18. The zero-order valence-corrected chi connectivity index (χ0v) is 26.5. The molecule has 0 aliphatic heterocycles.